The Morgan fingerprint density at radius 3 is 2.83 bits per heavy atom. The molecule has 3 nitrogen and oxygen atoms in total. The number of amides is 1. The van der Waals surface area contributed by atoms with Gasteiger partial charge < -0.3 is 10.6 Å². The molecule has 0 aromatic heterocycles. The number of aryl methyl sites for hydroxylation is 1. The summed E-state index contributed by atoms with van der Waals surface area (Å²) in [5.74, 6) is 0.631. The Morgan fingerprint density at radius 2 is 2.17 bits per heavy atom. The van der Waals surface area contributed by atoms with Gasteiger partial charge in [0.25, 0.3) is 5.91 Å². The van der Waals surface area contributed by atoms with E-state index < -0.39 is 0 Å². The SMILES string of the molecule is Cc1ccccc1C(=O)N1CCC[C@H](C)[C@@H]1CN. The molecule has 1 heterocycles. The minimum absolute atomic E-state index is 0.134. The Morgan fingerprint density at radius 1 is 1.44 bits per heavy atom. The van der Waals surface area contributed by atoms with Gasteiger partial charge in [-0.15, -0.1) is 0 Å². The lowest BCUT2D eigenvalue weighted by atomic mass is 9.90. The quantitative estimate of drug-likeness (QED) is 0.869. The zero-order valence-electron chi connectivity index (χ0n) is 11.2. The van der Waals surface area contributed by atoms with Gasteiger partial charge in [0.15, 0.2) is 0 Å². The van der Waals surface area contributed by atoms with Crippen molar-refractivity contribution in [2.24, 2.45) is 11.7 Å². The third-order valence-corrected chi connectivity index (χ3v) is 3.99. The molecule has 3 heteroatoms. The van der Waals surface area contributed by atoms with Gasteiger partial charge in [0.05, 0.1) is 0 Å². The molecule has 2 N–H and O–H groups in total. The molecule has 1 aromatic carbocycles. The van der Waals surface area contributed by atoms with E-state index in [9.17, 15) is 4.79 Å². The largest absolute Gasteiger partial charge is 0.334 e. The van der Waals surface area contributed by atoms with Crippen molar-refractivity contribution in [1.29, 1.82) is 0 Å². The highest BCUT2D eigenvalue weighted by molar-refractivity contribution is 5.95. The number of carbonyl (C=O) groups is 1. The van der Waals surface area contributed by atoms with E-state index in [0.29, 0.717) is 12.5 Å². The van der Waals surface area contributed by atoms with Gasteiger partial charge in [-0.2, -0.15) is 0 Å². The topological polar surface area (TPSA) is 46.3 Å². The number of nitrogens with two attached hydrogens (primary N) is 1. The molecule has 1 fully saturated rings. The number of hydrogen-bond acceptors (Lipinski definition) is 2. The highest BCUT2D eigenvalue weighted by Crippen LogP contribution is 2.25. The number of nitrogens with zero attached hydrogens (tertiary/aromatic N) is 1. The predicted octanol–water partition coefficient (Wildman–Crippen LogP) is 2.19. The smallest absolute Gasteiger partial charge is 0.254 e. The third-order valence-electron chi connectivity index (χ3n) is 3.99. The molecule has 2 atom stereocenters. The zero-order chi connectivity index (χ0) is 13.1. The average Bonchev–Trinajstić information content (AvgIpc) is 2.38. The normalized spacial score (nSPS) is 24.1. The Balaban J connectivity index is 2.25. The first-order valence-corrected chi connectivity index (χ1v) is 6.71. The van der Waals surface area contributed by atoms with Crippen LogP contribution < -0.4 is 5.73 Å². The van der Waals surface area contributed by atoms with Gasteiger partial charge in [-0.3, -0.25) is 4.79 Å². The first-order valence-electron chi connectivity index (χ1n) is 6.71. The fourth-order valence-electron chi connectivity index (χ4n) is 2.83. The maximum atomic E-state index is 12.6. The lowest BCUT2D eigenvalue weighted by Crippen LogP contribution is -2.51. The first kappa shape index (κ1) is 13.1. The second kappa shape index (κ2) is 5.53. The van der Waals surface area contributed by atoms with Gasteiger partial charge in [0, 0.05) is 24.7 Å². The van der Waals surface area contributed by atoms with Crippen molar-refractivity contribution in [2.45, 2.75) is 32.7 Å². The lowest BCUT2D eigenvalue weighted by Gasteiger charge is -2.39. The van der Waals surface area contributed by atoms with Crippen LogP contribution in [0.2, 0.25) is 0 Å². The Labute approximate surface area is 109 Å². The summed E-state index contributed by atoms with van der Waals surface area (Å²) in [6.45, 7) is 5.56. The zero-order valence-corrected chi connectivity index (χ0v) is 11.2. The van der Waals surface area contributed by atoms with Gasteiger partial charge in [-0.1, -0.05) is 25.1 Å². The summed E-state index contributed by atoms with van der Waals surface area (Å²) in [5.41, 5.74) is 7.69. The van der Waals surface area contributed by atoms with Crippen LogP contribution in [0.5, 0.6) is 0 Å². The molecular formula is C15H22N2O. The molecule has 98 valence electrons. The molecule has 0 unspecified atom stereocenters. The summed E-state index contributed by atoms with van der Waals surface area (Å²) >= 11 is 0. The molecule has 1 aliphatic heterocycles. The summed E-state index contributed by atoms with van der Waals surface area (Å²) in [6.07, 6.45) is 2.24. The number of benzene rings is 1. The van der Waals surface area contributed by atoms with Crippen LogP contribution in [0.4, 0.5) is 0 Å². The van der Waals surface area contributed by atoms with Crippen LogP contribution in [0, 0.1) is 12.8 Å². The number of rotatable bonds is 2. The summed E-state index contributed by atoms with van der Waals surface area (Å²) in [7, 11) is 0. The minimum atomic E-state index is 0.134. The number of piperidine rings is 1. The Hall–Kier alpha value is -1.35. The van der Waals surface area contributed by atoms with Gasteiger partial charge in [-0.05, 0) is 37.3 Å². The van der Waals surface area contributed by atoms with Gasteiger partial charge in [0.2, 0.25) is 0 Å². The monoisotopic (exact) mass is 246 g/mol. The lowest BCUT2D eigenvalue weighted by molar-refractivity contribution is 0.0532. The second-order valence-corrected chi connectivity index (χ2v) is 5.24. The van der Waals surface area contributed by atoms with Crippen molar-refractivity contribution in [1.82, 2.24) is 4.90 Å². The fourth-order valence-corrected chi connectivity index (χ4v) is 2.83. The molecule has 2 rings (SSSR count). The molecule has 1 saturated heterocycles. The molecule has 0 bridgehead atoms. The van der Waals surface area contributed by atoms with E-state index >= 15 is 0 Å². The van der Waals surface area contributed by atoms with E-state index in [0.717, 1.165) is 24.1 Å². The van der Waals surface area contributed by atoms with E-state index in [4.69, 9.17) is 5.73 Å². The molecule has 0 aliphatic carbocycles. The van der Waals surface area contributed by atoms with Crippen molar-refractivity contribution in [3.8, 4) is 0 Å². The highest BCUT2D eigenvalue weighted by Gasteiger charge is 2.31. The van der Waals surface area contributed by atoms with E-state index in [2.05, 4.69) is 6.92 Å². The number of hydrogen-bond donors (Lipinski definition) is 1. The van der Waals surface area contributed by atoms with E-state index in [-0.39, 0.29) is 11.9 Å². The summed E-state index contributed by atoms with van der Waals surface area (Å²) < 4.78 is 0. The predicted molar refractivity (Wildman–Crippen MR) is 73.5 cm³/mol. The maximum Gasteiger partial charge on any atom is 0.254 e. The molecule has 1 aliphatic rings. The summed E-state index contributed by atoms with van der Waals surface area (Å²) in [4.78, 5) is 14.6. The van der Waals surface area contributed by atoms with Crippen LogP contribution in [0.25, 0.3) is 0 Å². The number of likely N-dealkylation sites (tertiary alicyclic amines) is 1. The molecule has 0 saturated carbocycles. The molecular weight excluding hydrogens is 224 g/mol. The third kappa shape index (κ3) is 2.41. The van der Waals surface area contributed by atoms with Crippen LogP contribution in [-0.4, -0.2) is 29.9 Å². The van der Waals surface area contributed by atoms with Crippen LogP contribution in [0.3, 0.4) is 0 Å². The molecule has 1 amide bonds. The summed E-state index contributed by atoms with van der Waals surface area (Å²) in [6, 6.07) is 7.96. The van der Waals surface area contributed by atoms with Gasteiger partial charge in [-0.25, -0.2) is 0 Å². The van der Waals surface area contributed by atoms with E-state index in [1.165, 1.54) is 6.42 Å². The van der Waals surface area contributed by atoms with Crippen LogP contribution in [0.15, 0.2) is 24.3 Å². The molecule has 1 aromatic rings. The van der Waals surface area contributed by atoms with Crippen LogP contribution in [0.1, 0.15) is 35.7 Å². The van der Waals surface area contributed by atoms with Crippen molar-refractivity contribution in [3.63, 3.8) is 0 Å². The minimum Gasteiger partial charge on any atom is -0.334 e. The van der Waals surface area contributed by atoms with Crippen molar-refractivity contribution >= 4 is 5.91 Å². The average molecular weight is 246 g/mol. The molecule has 0 radical (unpaired) electrons. The maximum absolute atomic E-state index is 12.6. The van der Waals surface area contributed by atoms with Gasteiger partial charge >= 0.3 is 0 Å². The van der Waals surface area contributed by atoms with Gasteiger partial charge in [0.1, 0.15) is 0 Å². The fraction of sp³-hybridized carbons (Fsp3) is 0.533. The van der Waals surface area contributed by atoms with Crippen LogP contribution in [-0.2, 0) is 0 Å². The molecule has 18 heavy (non-hydrogen) atoms. The standard InChI is InChI=1S/C15H22N2O/c1-11-6-3-4-8-13(11)15(18)17-9-5-7-12(2)14(17)10-16/h3-4,6,8,12,14H,5,7,9-10,16H2,1-2H3/t12-,14-/m0/s1. The second-order valence-electron chi connectivity index (χ2n) is 5.24. The first-order chi connectivity index (χ1) is 8.65. The van der Waals surface area contributed by atoms with Crippen molar-refractivity contribution < 1.29 is 4.79 Å². The van der Waals surface area contributed by atoms with E-state index in [1.54, 1.807) is 0 Å². The highest BCUT2D eigenvalue weighted by atomic mass is 16.2. The number of carbonyl (C=O) groups excluding carboxylic acids is 1. The Kier molecular flexibility index (Phi) is 4.02. The Bertz CT molecular complexity index is 430. The summed E-state index contributed by atoms with van der Waals surface area (Å²) in [5, 5.41) is 0. The van der Waals surface area contributed by atoms with E-state index in [1.807, 2.05) is 36.1 Å². The van der Waals surface area contributed by atoms with Crippen molar-refractivity contribution in [2.75, 3.05) is 13.1 Å². The molecule has 0 spiro atoms. The van der Waals surface area contributed by atoms with Crippen molar-refractivity contribution in [3.05, 3.63) is 35.4 Å². The van der Waals surface area contributed by atoms with Crippen LogP contribution >= 0.6 is 0 Å².